The van der Waals surface area contributed by atoms with E-state index in [2.05, 4.69) is 15.3 Å². The summed E-state index contributed by atoms with van der Waals surface area (Å²) >= 11 is 1.42. The van der Waals surface area contributed by atoms with Gasteiger partial charge in [0.1, 0.15) is 18.2 Å². The summed E-state index contributed by atoms with van der Waals surface area (Å²) in [7, 11) is 0. The van der Waals surface area contributed by atoms with E-state index in [0.29, 0.717) is 5.82 Å². The Morgan fingerprint density at radius 1 is 1.44 bits per heavy atom. The van der Waals surface area contributed by atoms with E-state index < -0.39 is 12.5 Å². The molecule has 0 fully saturated rings. The second kappa shape index (κ2) is 4.67. The number of hydrogen-bond acceptors (Lipinski definition) is 5. The molecule has 86 valence electrons. The molecule has 0 saturated carbocycles. The molecular weight excluding hydrogens is 236 g/mol. The maximum atomic E-state index is 12.1. The number of aromatic nitrogens is 2. The highest BCUT2D eigenvalue weighted by molar-refractivity contribution is 7.17. The molecule has 2 aromatic rings. The number of alkyl halides is 2. The first-order chi connectivity index (χ1) is 7.68. The van der Waals surface area contributed by atoms with Crippen molar-refractivity contribution in [2.24, 2.45) is 0 Å². The minimum absolute atomic E-state index is 0.234. The smallest absolute Gasteiger partial charge is 0.265 e. The predicted octanol–water partition coefficient (Wildman–Crippen LogP) is 1.73. The van der Waals surface area contributed by atoms with E-state index >= 15 is 0 Å². The number of aliphatic hydroxyl groups is 1. The van der Waals surface area contributed by atoms with Gasteiger partial charge in [0.25, 0.3) is 6.43 Å². The lowest BCUT2D eigenvalue weighted by molar-refractivity contribution is 0.00382. The zero-order chi connectivity index (χ0) is 11.5. The summed E-state index contributed by atoms with van der Waals surface area (Å²) in [6, 6.07) is 1.82. The fraction of sp³-hybridized carbons (Fsp3) is 0.333. The van der Waals surface area contributed by atoms with E-state index in [9.17, 15) is 8.78 Å². The average Bonchev–Trinajstić information content (AvgIpc) is 2.73. The number of nitrogens with one attached hydrogen (secondary N) is 1. The van der Waals surface area contributed by atoms with Crippen LogP contribution >= 0.6 is 11.3 Å². The number of hydrogen-bond donors (Lipinski definition) is 2. The molecule has 0 saturated heterocycles. The molecule has 2 heterocycles. The molecule has 16 heavy (non-hydrogen) atoms. The number of aliphatic hydroxyl groups excluding tert-OH is 1. The largest absolute Gasteiger partial charge is 0.385 e. The van der Waals surface area contributed by atoms with Crippen LogP contribution in [0, 0.1) is 0 Å². The van der Waals surface area contributed by atoms with E-state index in [4.69, 9.17) is 5.11 Å². The number of thiophene rings is 1. The van der Waals surface area contributed by atoms with Gasteiger partial charge in [0.2, 0.25) is 0 Å². The van der Waals surface area contributed by atoms with E-state index in [1.54, 1.807) is 0 Å². The van der Waals surface area contributed by atoms with Crippen LogP contribution in [0.15, 0.2) is 17.8 Å². The van der Waals surface area contributed by atoms with Crippen molar-refractivity contribution < 1.29 is 13.9 Å². The first-order valence-electron chi connectivity index (χ1n) is 4.57. The monoisotopic (exact) mass is 245 g/mol. The van der Waals surface area contributed by atoms with Crippen LogP contribution in [0.3, 0.4) is 0 Å². The zero-order valence-electron chi connectivity index (χ0n) is 8.10. The molecule has 0 spiro atoms. The molecule has 2 aromatic heterocycles. The Hall–Kier alpha value is -1.34. The van der Waals surface area contributed by atoms with E-state index in [1.165, 1.54) is 17.7 Å². The van der Waals surface area contributed by atoms with Crippen molar-refractivity contribution >= 4 is 27.4 Å². The lowest BCUT2D eigenvalue weighted by atomic mass is 10.3. The fourth-order valence-electron chi connectivity index (χ4n) is 1.21. The molecular formula is C9H9F2N3OS. The summed E-state index contributed by atoms with van der Waals surface area (Å²) in [5.74, 6) is 0.472. The number of anilines is 1. The topological polar surface area (TPSA) is 58.0 Å². The van der Waals surface area contributed by atoms with Gasteiger partial charge in [-0.15, -0.1) is 11.3 Å². The van der Waals surface area contributed by atoms with Crippen LogP contribution in [0.25, 0.3) is 10.2 Å². The molecule has 0 aliphatic rings. The van der Waals surface area contributed by atoms with Gasteiger partial charge in [0, 0.05) is 6.54 Å². The third kappa shape index (κ3) is 2.25. The molecule has 1 atom stereocenters. The molecule has 0 aromatic carbocycles. The lowest BCUT2D eigenvalue weighted by Gasteiger charge is -2.11. The summed E-state index contributed by atoms with van der Waals surface area (Å²) in [5.41, 5.74) is 0.758. The summed E-state index contributed by atoms with van der Waals surface area (Å²) in [6.45, 7) is -0.234. The molecule has 2 N–H and O–H groups in total. The minimum atomic E-state index is -2.76. The molecule has 0 aliphatic heterocycles. The molecule has 0 bridgehead atoms. The van der Waals surface area contributed by atoms with Crippen LogP contribution in [0.1, 0.15) is 0 Å². The first-order valence-corrected chi connectivity index (χ1v) is 5.44. The molecule has 1 unspecified atom stereocenters. The number of halogens is 2. The second-order valence-corrected chi connectivity index (χ2v) is 4.06. The standard InChI is InChI=1S/C9H9F2N3OS/c10-8(11)6(15)3-12-9-7-5(1-2-16-7)13-4-14-9/h1-2,4,6,8,15H,3H2,(H,12,13,14). The summed E-state index contributed by atoms with van der Waals surface area (Å²) in [6.07, 6.45) is -3.09. The van der Waals surface area contributed by atoms with Gasteiger partial charge in [0.05, 0.1) is 10.2 Å². The van der Waals surface area contributed by atoms with Gasteiger partial charge in [-0.2, -0.15) is 0 Å². The number of nitrogens with zero attached hydrogens (tertiary/aromatic N) is 2. The Labute approximate surface area is 94.0 Å². The highest BCUT2D eigenvalue weighted by Crippen LogP contribution is 2.24. The SMILES string of the molecule is OC(CNc1ncnc2ccsc12)C(F)F. The third-order valence-electron chi connectivity index (χ3n) is 2.01. The normalized spacial score (nSPS) is 13.2. The van der Waals surface area contributed by atoms with Gasteiger partial charge in [-0.25, -0.2) is 18.7 Å². The first kappa shape index (κ1) is 11.2. The zero-order valence-corrected chi connectivity index (χ0v) is 8.92. The van der Waals surface area contributed by atoms with E-state index in [1.807, 2.05) is 11.4 Å². The van der Waals surface area contributed by atoms with Crippen LogP contribution in [0.4, 0.5) is 14.6 Å². The molecule has 4 nitrogen and oxygen atoms in total. The molecule has 0 radical (unpaired) electrons. The van der Waals surface area contributed by atoms with Gasteiger partial charge >= 0.3 is 0 Å². The summed E-state index contributed by atoms with van der Waals surface area (Å²) in [4.78, 5) is 7.96. The maximum Gasteiger partial charge on any atom is 0.265 e. The Balaban J connectivity index is 2.12. The summed E-state index contributed by atoms with van der Waals surface area (Å²) in [5, 5.41) is 13.5. The highest BCUT2D eigenvalue weighted by Gasteiger charge is 2.17. The van der Waals surface area contributed by atoms with Crippen molar-refractivity contribution in [1.29, 1.82) is 0 Å². The number of rotatable bonds is 4. The van der Waals surface area contributed by atoms with Crippen LogP contribution in [0.5, 0.6) is 0 Å². The Bertz CT molecular complexity index is 476. The van der Waals surface area contributed by atoms with Crippen molar-refractivity contribution in [3.63, 3.8) is 0 Å². The van der Waals surface area contributed by atoms with Crippen LogP contribution in [-0.2, 0) is 0 Å². The average molecular weight is 245 g/mol. The molecule has 0 amide bonds. The van der Waals surface area contributed by atoms with Crippen LogP contribution in [0.2, 0.25) is 0 Å². The lowest BCUT2D eigenvalue weighted by Crippen LogP contribution is -2.27. The van der Waals surface area contributed by atoms with E-state index in [-0.39, 0.29) is 6.54 Å². The van der Waals surface area contributed by atoms with Gasteiger partial charge in [-0.3, -0.25) is 0 Å². The van der Waals surface area contributed by atoms with Gasteiger partial charge in [0.15, 0.2) is 0 Å². The van der Waals surface area contributed by atoms with Crippen molar-refractivity contribution in [3.05, 3.63) is 17.8 Å². The predicted molar refractivity (Wildman–Crippen MR) is 57.9 cm³/mol. The molecule has 0 aliphatic carbocycles. The van der Waals surface area contributed by atoms with Gasteiger partial charge in [-0.05, 0) is 11.4 Å². The van der Waals surface area contributed by atoms with Gasteiger partial charge in [-0.1, -0.05) is 0 Å². The summed E-state index contributed by atoms with van der Waals surface area (Å²) < 4.78 is 24.9. The van der Waals surface area contributed by atoms with E-state index in [0.717, 1.165) is 10.2 Å². The maximum absolute atomic E-state index is 12.1. The van der Waals surface area contributed by atoms with Gasteiger partial charge < -0.3 is 10.4 Å². The van der Waals surface area contributed by atoms with Crippen molar-refractivity contribution in [1.82, 2.24) is 9.97 Å². The van der Waals surface area contributed by atoms with Crippen LogP contribution in [-0.4, -0.2) is 34.1 Å². The quantitative estimate of drug-likeness (QED) is 0.861. The highest BCUT2D eigenvalue weighted by atomic mass is 32.1. The minimum Gasteiger partial charge on any atom is -0.385 e. The Morgan fingerprint density at radius 2 is 2.25 bits per heavy atom. The van der Waals surface area contributed by atoms with Crippen molar-refractivity contribution in [2.45, 2.75) is 12.5 Å². The fourth-order valence-corrected chi connectivity index (χ4v) is 2.02. The molecule has 2 rings (SSSR count). The van der Waals surface area contributed by atoms with Crippen molar-refractivity contribution in [3.8, 4) is 0 Å². The Kier molecular flexibility index (Phi) is 3.25. The molecule has 7 heteroatoms. The van der Waals surface area contributed by atoms with Crippen LogP contribution < -0.4 is 5.32 Å². The second-order valence-electron chi connectivity index (χ2n) is 3.14. The Morgan fingerprint density at radius 3 is 3.00 bits per heavy atom. The number of fused-ring (bicyclic) bond motifs is 1. The van der Waals surface area contributed by atoms with Crippen molar-refractivity contribution in [2.75, 3.05) is 11.9 Å². The third-order valence-corrected chi connectivity index (χ3v) is 2.92.